The van der Waals surface area contributed by atoms with Gasteiger partial charge in [0, 0.05) is 6.42 Å². The Labute approximate surface area is 368 Å². The highest BCUT2D eigenvalue weighted by Crippen LogP contribution is 2.15. The summed E-state index contributed by atoms with van der Waals surface area (Å²) in [4.78, 5) is 12.4. The monoisotopic (exact) mass is 824 g/mol. The van der Waals surface area contributed by atoms with Gasteiger partial charge < -0.3 is 15.5 Å². The first kappa shape index (κ1) is 57.1. The van der Waals surface area contributed by atoms with Crippen molar-refractivity contribution in [3.05, 3.63) is 60.8 Å². The molecule has 0 aromatic heterocycles. The van der Waals surface area contributed by atoms with E-state index < -0.39 is 12.1 Å². The fraction of sp³-hybridized carbons (Fsp3) is 0.800. The summed E-state index contributed by atoms with van der Waals surface area (Å²) in [5.41, 5.74) is 0. The number of carbonyl (C=O) groups is 1. The zero-order valence-corrected chi connectivity index (χ0v) is 39.5. The van der Waals surface area contributed by atoms with Crippen molar-refractivity contribution in [3.8, 4) is 0 Å². The van der Waals surface area contributed by atoms with E-state index in [0.29, 0.717) is 6.42 Å². The molecule has 4 nitrogen and oxygen atoms in total. The molecule has 0 spiro atoms. The third-order valence-corrected chi connectivity index (χ3v) is 11.7. The molecule has 0 rings (SSSR count). The Kier molecular flexibility index (Phi) is 48.8. The van der Waals surface area contributed by atoms with Gasteiger partial charge in [0.15, 0.2) is 0 Å². The minimum absolute atomic E-state index is 0.0741. The maximum absolute atomic E-state index is 12.4. The van der Waals surface area contributed by atoms with Crippen LogP contribution in [0.1, 0.15) is 264 Å². The van der Waals surface area contributed by atoms with Gasteiger partial charge in [-0.05, 0) is 70.6 Å². The van der Waals surface area contributed by atoms with Gasteiger partial charge in [0.25, 0.3) is 0 Å². The number of nitrogens with one attached hydrogen (secondary N) is 1. The van der Waals surface area contributed by atoms with Crippen molar-refractivity contribution in [1.29, 1.82) is 0 Å². The number of aliphatic hydroxyl groups excluding tert-OH is 2. The molecule has 0 radical (unpaired) electrons. The molecule has 0 saturated carbocycles. The predicted molar refractivity (Wildman–Crippen MR) is 262 cm³/mol. The van der Waals surface area contributed by atoms with Gasteiger partial charge in [-0.15, -0.1) is 0 Å². The number of hydrogen-bond donors (Lipinski definition) is 3. The lowest BCUT2D eigenvalue weighted by atomic mass is 10.0. The molecule has 59 heavy (non-hydrogen) atoms. The van der Waals surface area contributed by atoms with E-state index in [4.69, 9.17) is 0 Å². The average molecular weight is 824 g/mol. The first-order valence-electron chi connectivity index (χ1n) is 26.0. The Morgan fingerprint density at radius 1 is 0.407 bits per heavy atom. The minimum Gasteiger partial charge on any atom is -0.394 e. The normalized spacial score (nSPS) is 13.4. The molecular weight excluding hydrogens is 723 g/mol. The maximum atomic E-state index is 12.4. The first-order chi connectivity index (χ1) is 29.2. The van der Waals surface area contributed by atoms with Gasteiger partial charge in [0.1, 0.15) is 0 Å². The van der Waals surface area contributed by atoms with Crippen LogP contribution >= 0.6 is 0 Å². The lowest BCUT2D eigenvalue weighted by Gasteiger charge is -2.19. The minimum atomic E-state index is -0.864. The summed E-state index contributed by atoms with van der Waals surface area (Å²) in [6.45, 7) is 4.30. The summed E-state index contributed by atoms with van der Waals surface area (Å²) in [6, 6.07) is -0.641. The maximum Gasteiger partial charge on any atom is 0.220 e. The molecule has 0 aromatic rings. The van der Waals surface area contributed by atoms with E-state index in [9.17, 15) is 15.0 Å². The largest absolute Gasteiger partial charge is 0.394 e. The molecule has 344 valence electrons. The van der Waals surface area contributed by atoms with Crippen LogP contribution in [0, 0.1) is 0 Å². The number of amides is 1. The molecule has 3 N–H and O–H groups in total. The molecule has 2 unspecified atom stereocenters. The highest BCUT2D eigenvalue weighted by atomic mass is 16.3. The Morgan fingerprint density at radius 2 is 0.712 bits per heavy atom. The molecule has 0 aromatic carbocycles. The summed E-state index contributed by atoms with van der Waals surface area (Å²) in [5, 5.41) is 23.1. The third-order valence-electron chi connectivity index (χ3n) is 11.7. The van der Waals surface area contributed by atoms with Crippen LogP contribution in [0.2, 0.25) is 0 Å². The van der Waals surface area contributed by atoms with Crippen molar-refractivity contribution in [2.75, 3.05) is 6.61 Å². The van der Waals surface area contributed by atoms with Crippen LogP contribution in [0.5, 0.6) is 0 Å². The smallest absolute Gasteiger partial charge is 0.220 e. The van der Waals surface area contributed by atoms with E-state index in [0.717, 1.165) is 44.9 Å². The number of carbonyl (C=O) groups excluding carboxylic acids is 1. The van der Waals surface area contributed by atoms with Crippen LogP contribution in [0.3, 0.4) is 0 Å². The van der Waals surface area contributed by atoms with Crippen molar-refractivity contribution in [2.45, 2.75) is 276 Å². The lowest BCUT2D eigenvalue weighted by molar-refractivity contribution is -0.123. The number of aliphatic hydroxyl groups is 2. The standard InChI is InChI=1S/C55H101NO3/c1-3-5-7-9-11-13-15-17-19-21-23-24-25-26-27-28-29-30-31-32-33-35-37-39-41-43-45-47-49-51-55(59)56-53(52-57)54(58)50-48-46-44-42-40-38-36-34-22-20-18-16-14-12-10-8-6-4-2/h15,17,21,23,25-26,40,42,48,50,53-54,57-58H,3-14,16,18-20,22,24,27-39,41,43-47,49,51-52H2,1-2H3,(H,56,59)/b17-15-,23-21-,26-25-,42-40+,50-48+. The van der Waals surface area contributed by atoms with Crippen LogP contribution in [-0.2, 0) is 4.79 Å². The van der Waals surface area contributed by atoms with Gasteiger partial charge >= 0.3 is 0 Å². The lowest BCUT2D eigenvalue weighted by Crippen LogP contribution is -2.45. The summed E-state index contributed by atoms with van der Waals surface area (Å²) in [6.07, 6.45) is 70.7. The summed E-state index contributed by atoms with van der Waals surface area (Å²) in [7, 11) is 0. The topological polar surface area (TPSA) is 69.6 Å². The Balaban J connectivity index is 3.55. The van der Waals surface area contributed by atoms with Gasteiger partial charge in [-0.1, -0.05) is 248 Å². The second-order valence-corrected chi connectivity index (χ2v) is 17.6. The molecule has 0 saturated heterocycles. The number of allylic oxidation sites excluding steroid dienone is 9. The Bertz CT molecular complexity index is 981. The van der Waals surface area contributed by atoms with Crippen LogP contribution < -0.4 is 5.32 Å². The Hall–Kier alpha value is -1.91. The molecule has 0 aliphatic rings. The fourth-order valence-electron chi connectivity index (χ4n) is 7.73. The van der Waals surface area contributed by atoms with Crippen LogP contribution in [-0.4, -0.2) is 34.9 Å². The van der Waals surface area contributed by atoms with Crippen molar-refractivity contribution in [2.24, 2.45) is 0 Å². The van der Waals surface area contributed by atoms with Gasteiger partial charge in [0.05, 0.1) is 18.8 Å². The number of hydrogen-bond acceptors (Lipinski definition) is 3. The van der Waals surface area contributed by atoms with Gasteiger partial charge in [-0.3, -0.25) is 4.79 Å². The van der Waals surface area contributed by atoms with E-state index in [1.54, 1.807) is 6.08 Å². The summed E-state index contributed by atoms with van der Waals surface area (Å²) in [5.74, 6) is -0.0741. The zero-order chi connectivity index (χ0) is 42.8. The number of unbranched alkanes of at least 4 members (excludes halogenated alkanes) is 32. The zero-order valence-electron chi connectivity index (χ0n) is 39.5. The fourth-order valence-corrected chi connectivity index (χ4v) is 7.73. The van der Waals surface area contributed by atoms with Crippen molar-refractivity contribution in [3.63, 3.8) is 0 Å². The molecule has 0 fully saturated rings. The van der Waals surface area contributed by atoms with Crippen molar-refractivity contribution >= 4 is 5.91 Å². The molecule has 0 aliphatic carbocycles. The second kappa shape index (κ2) is 50.4. The summed E-state index contributed by atoms with van der Waals surface area (Å²) < 4.78 is 0. The van der Waals surface area contributed by atoms with Crippen LogP contribution in [0.25, 0.3) is 0 Å². The molecule has 1 amide bonds. The predicted octanol–water partition coefficient (Wildman–Crippen LogP) is 16.9. The molecule has 2 atom stereocenters. The van der Waals surface area contributed by atoms with Crippen molar-refractivity contribution in [1.82, 2.24) is 5.32 Å². The third kappa shape index (κ3) is 47.0. The van der Waals surface area contributed by atoms with Crippen molar-refractivity contribution < 1.29 is 15.0 Å². The first-order valence-corrected chi connectivity index (χ1v) is 26.0. The van der Waals surface area contributed by atoms with E-state index in [-0.39, 0.29) is 12.5 Å². The van der Waals surface area contributed by atoms with Gasteiger partial charge in [-0.25, -0.2) is 0 Å². The van der Waals surface area contributed by atoms with Gasteiger partial charge in [0.2, 0.25) is 5.91 Å². The van der Waals surface area contributed by atoms with E-state index >= 15 is 0 Å². The van der Waals surface area contributed by atoms with Gasteiger partial charge in [-0.2, -0.15) is 0 Å². The Morgan fingerprint density at radius 3 is 1.10 bits per heavy atom. The quantitative estimate of drug-likeness (QED) is 0.0423. The molecule has 0 aliphatic heterocycles. The summed E-state index contributed by atoms with van der Waals surface area (Å²) >= 11 is 0. The van der Waals surface area contributed by atoms with E-state index in [2.05, 4.69) is 67.8 Å². The number of rotatable bonds is 47. The highest BCUT2D eigenvalue weighted by Gasteiger charge is 2.17. The van der Waals surface area contributed by atoms with Crippen LogP contribution in [0.15, 0.2) is 60.8 Å². The second-order valence-electron chi connectivity index (χ2n) is 17.6. The van der Waals surface area contributed by atoms with Crippen LogP contribution in [0.4, 0.5) is 0 Å². The SMILES string of the molecule is CCCCCCC/C=C\C/C=C\C/C=C\CCCCCCCCCCCCCCCCC(=O)NC(CO)C(O)/C=C/CC/C=C/CCCCCCCCCCCCCC. The molecule has 4 heteroatoms. The molecule has 0 bridgehead atoms. The molecular formula is C55H101NO3. The van der Waals surface area contributed by atoms with E-state index in [1.807, 2.05) is 6.08 Å². The average Bonchev–Trinajstić information content (AvgIpc) is 3.24. The van der Waals surface area contributed by atoms with E-state index in [1.165, 1.54) is 199 Å². The highest BCUT2D eigenvalue weighted by molar-refractivity contribution is 5.76. The molecule has 0 heterocycles.